The van der Waals surface area contributed by atoms with Gasteiger partial charge in [0.1, 0.15) is 0 Å². The molecule has 0 spiro atoms. The normalized spacial score (nSPS) is 10.9. The fourth-order valence-electron chi connectivity index (χ4n) is 3.44. The maximum Gasteiger partial charge on any atom is 0.224 e. The van der Waals surface area contributed by atoms with Crippen LogP contribution < -0.4 is 5.32 Å². The van der Waals surface area contributed by atoms with Crippen molar-refractivity contribution in [1.82, 2.24) is 15.0 Å². The molecular formula is C23H22N4O. The number of H-pyrrole nitrogens is 1. The van der Waals surface area contributed by atoms with Gasteiger partial charge < -0.3 is 10.3 Å². The average molecular weight is 370 g/mol. The lowest BCUT2D eigenvalue weighted by Crippen LogP contribution is -2.11. The number of anilines is 1. The minimum absolute atomic E-state index is 0.00316. The van der Waals surface area contributed by atoms with Gasteiger partial charge in [0.2, 0.25) is 5.91 Å². The number of nitrogens with one attached hydrogen (secondary N) is 2. The van der Waals surface area contributed by atoms with Gasteiger partial charge in [0.15, 0.2) is 0 Å². The Morgan fingerprint density at radius 2 is 2.04 bits per heavy atom. The summed E-state index contributed by atoms with van der Waals surface area (Å²) in [6, 6.07) is 16.0. The number of amides is 1. The second kappa shape index (κ2) is 8.05. The maximum atomic E-state index is 12.3. The summed E-state index contributed by atoms with van der Waals surface area (Å²) in [5.74, 6) is 0.00316. The third kappa shape index (κ3) is 3.93. The van der Waals surface area contributed by atoms with Gasteiger partial charge in [-0.15, -0.1) is 0 Å². The number of aryl methyl sites for hydroxylation is 2. The molecule has 0 radical (unpaired) electrons. The smallest absolute Gasteiger partial charge is 0.224 e. The van der Waals surface area contributed by atoms with Crippen LogP contribution in [0.15, 0.2) is 67.1 Å². The second-order valence-electron chi connectivity index (χ2n) is 6.89. The Morgan fingerprint density at radius 1 is 1.11 bits per heavy atom. The van der Waals surface area contributed by atoms with Crippen LogP contribution in [-0.4, -0.2) is 20.9 Å². The number of carbonyl (C=O) groups is 1. The summed E-state index contributed by atoms with van der Waals surface area (Å²) < 4.78 is 0. The highest BCUT2D eigenvalue weighted by atomic mass is 16.1. The number of carbonyl (C=O) groups excluding carboxylic acids is 1. The maximum absolute atomic E-state index is 12.3. The molecule has 0 aliphatic heterocycles. The Bertz CT molecular complexity index is 1090. The van der Waals surface area contributed by atoms with E-state index in [9.17, 15) is 4.79 Å². The molecule has 1 aromatic carbocycles. The lowest BCUT2D eigenvalue weighted by atomic mass is 10.0. The van der Waals surface area contributed by atoms with Gasteiger partial charge in [-0.3, -0.25) is 14.8 Å². The van der Waals surface area contributed by atoms with Gasteiger partial charge in [-0.1, -0.05) is 17.7 Å². The van der Waals surface area contributed by atoms with Crippen molar-refractivity contribution in [2.45, 2.75) is 26.2 Å². The van der Waals surface area contributed by atoms with E-state index in [1.807, 2.05) is 30.3 Å². The molecular weight excluding hydrogens is 348 g/mol. The van der Waals surface area contributed by atoms with Crippen LogP contribution in [0.2, 0.25) is 0 Å². The average Bonchev–Trinajstić information content (AvgIpc) is 3.07. The van der Waals surface area contributed by atoms with E-state index in [1.54, 1.807) is 18.6 Å². The van der Waals surface area contributed by atoms with Gasteiger partial charge in [-0.05, 0) is 61.7 Å². The van der Waals surface area contributed by atoms with E-state index in [4.69, 9.17) is 0 Å². The van der Waals surface area contributed by atoms with Crippen molar-refractivity contribution in [2.75, 3.05) is 5.32 Å². The van der Waals surface area contributed by atoms with Gasteiger partial charge in [0.05, 0.1) is 23.3 Å². The molecule has 4 aromatic rings. The number of hydrogen-bond acceptors (Lipinski definition) is 3. The quantitative estimate of drug-likeness (QED) is 0.507. The molecule has 0 fully saturated rings. The number of aromatic amines is 1. The third-order valence-electron chi connectivity index (χ3n) is 4.76. The molecule has 5 nitrogen and oxygen atoms in total. The number of nitrogens with zero attached hydrogens (tertiary/aromatic N) is 2. The summed E-state index contributed by atoms with van der Waals surface area (Å²) in [4.78, 5) is 24.3. The summed E-state index contributed by atoms with van der Waals surface area (Å²) >= 11 is 0. The van der Waals surface area contributed by atoms with Crippen molar-refractivity contribution in [1.29, 1.82) is 0 Å². The Kier molecular flexibility index (Phi) is 5.15. The topological polar surface area (TPSA) is 70.7 Å². The van der Waals surface area contributed by atoms with Crippen molar-refractivity contribution < 1.29 is 4.79 Å². The predicted molar refractivity (Wildman–Crippen MR) is 112 cm³/mol. The van der Waals surface area contributed by atoms with E-state index in [0.29, 0.717) is 6.42 Å². The van der Waals surface area contributed by atoms with Crippen LogP contribution in [0.3, 0.4) is 0 Å². The van der Waals surface area contributed by atoms with Gasteiger partial charge >= 0.3 is 0 Å². The van der Waals surface area contributed by atoms with Crippen molar-refractivity contribution in [3.63, 3.8) is 0 Å². The zero-order chi connectivity index (χ0) is 19.3. The number of pyridine rings is 2. The summed E-state index contributed by atoms with van der Waals surface area (Å²) in [5.41, 5.74) is 6.21. The van der Waals surface area contributed by atoms with Crippen molar-refractivity contribution in [3.05, 3.63) is 78.2 Å². The molecule has 0 aliphatic rings. The number of rotatable bonds is 6. The van der Waals surface area contributed by atoms with Crippen molar-refractivity contribution >= 4 is 22.5 Å². The Labute approximate surface area is 163 Å². The molecule has 0 unspecified atom stereocenters. The highest BCUT2D eigenvalue weighted by Crippen LogP contribution is 2.31. The molecule has 28 heavy (non-hydrogen) atoms. The van der Waals surface area contributed by atoms with Crippen LogP contribution in [0.1, 0.15) is 24.0 Å². The van der Waals surface area contributed by atoms with Crippen LogP contribution in [0.4, 0.5) is 5.69 Å². The minimum atomic E-state index is 0.00316. The minimum Gasteiger partial charge on any atom is -0.353 e. The number of fused-ring (bicyclic) bond motifs is 1. The second-order valence-corrected chi connectivity index (χ2v) is 6.89. The highest BCUT2D eigenvalue weighted by molar-refractivity contribution is 5.92. The molecule has 3 aromatic heterocycles. The molecule has 0 bridgehead atoms. The van der Waals surface area contributed by atoms with E-state index < -0.39 is 0 Å². The highest BCUT2D eigenvalue weighted by Gasteiger charge is 2.14. The zero-order valence-corrected chi connectivity index (χ0v) is 15.8. The van der Waals surface area contributed by atoms with Gasteiger partial charge in [-0.25, -0.2) is 0 Å². The molecule has 4 rings (SSSR count). The number of aromatic nitrogens is 3. The van der Waals surface area contributed by atoms with Gasteiger partial charge in [0, 0.05) is 29.7 Å². The monoisotopic (exact) mass is 370 g/mol. The van der Waals surface area contributed by atoms with E-state index in [1.165, 1.54) is 16.5 Å². The standard InChI is InChI=1S/C23H22N4O/c1-16-10-11-20-19(14-16)18(23(27-20)21-8-2-3-13-25-21)7-4-9-22(28)26-17-6-5-12-24-15-17/h2-3,5-6,8,10-15,27H,4,7,9H2,1H3,(H,26,28). The molecule has 5 heteroatoms. The van der Waals surface area contributed by atoms with Crippen LogP contribution in [0, 0.1) is 6.92 Å². The van der Waals surface area contributed by atoms with Crippen molar-refractivity contribution in [2.24, 2.45) is 0 Å². The number of hydrogen-bond donors (Lipinski definition) is 2. The first-order chi connectivity index (χ1) is 13.7. The summed E-state index contributed by atoms with van der Waals surface area (Å²) in [6.45, 7) is 2.10. The first-order valence-corrected chi connectivity index (χ1v) is 9.43. The molecule has 0 saturated carbocycles. The molecule has 0 aliphatic carbocycles. The SMILES string of the molecule is Cc1ccc2[nH]c(-c3ccccn3)c(CCCC(=O)Nc3cccnc3)c2c1. The van der Waals surface area contributed by atoms with E-state index in [0.717, 1.165) is 35.4 Å². The summed E-state index contributed by atoms with van der Waals surface area (Å²) in [7, 11) is 0. The van der Waals surface area contributed by atoms with Crippen LogP contribution in [0.25, 0.3) is 22.3 Å². The fraction of sp³-hybridized carbons (Fsp3) is 0.174. The van der Waals surface area contributed by atoms with Crippen LogP contribution in [0.5, 0.6) is 0 Å². The van der Waals surface area contributed by atoms with Crippen LogP contribution >= 0.6 is 0 Å². The zero-order valence-electron chi connectivity index (χ0n) is 15.8. The van der Waals surface area contributed by atoms with Gasteiger partial charge in [0.25, 0.3) is 0 Å². The molecule has 140 valence electrons. The lowest BCUT2D eigenvalue weighted by Gasteiger charge is -2.06. The molecule has 3 heterocycles. The first kappa shape index (κ1) is 17.9. The Morgan fingerprint density at radius 3 is 2.82 bits per heavy atom. The predicted octanol–water partition coefficient (Wildman–Crippen LogP) is 4.89. The Hall–Kier alpha value is -3.47. The number of benzene rings is 1. The van der Waals surface area contributed by atoms with Gasteiger partial charge in [-0.2, -0.15) is 0 Å². The molecule has 1 amide bonds. The molecule has 0 saturated heterocycles. The van der Waals surface area contributed by atoms with E-state index in [2.05, 4.69) is 45.4 Å². The van der Waals surface area contributed by atoms with E-state index >= 15 is 0 Å². The van der Waals surface area contributed by atoms with Crippen LogP contribution in [-0.2, 0) is 11.2 Å². The largest absolute Gasteiger partial charge is 0.353 e. The Balaban J connectivity index is 1.54. The van der Waals surface area contributed by atoms with E-state index in [-0.39, 0.29) is 5.91 Å². The lowest BCUT2D eigenvalue weighted by molar-refractivity contribution is -0.116. The first-order valence-electron chi connectivity index (χ1n) is 9.43. The third-order valence-corrected chi connectivity index (χ3v) is 4.76. The molecule has 2 N–H and O–H groups in total. The van der Waals surface area contributed by atoms with Crippen molar-refractivity contribution in [3.8, 4) is 11.4 Å². The molecule has 0 atom stereocenters. The fourth-order valence-corrected chi connectivity index (χ4v) is 3.44. The summed E-state index contributed by atoms with van der Waals surface area (Å²) in [5, 5.41) is 4.10. The summed E-state index contributed by atoms with van der Waals surface area (Å²) in [6.07, 6.45) is 7.15.